The Morgan fingerprint density at radius 1 is 1.60 bits per heavy atom. The van der Waals surface area contributed by atoms with E-state index in [4.69, 9.17) is 6.42 Å². The number of hydrogen-bond acceptors (Lipinski definition) is 1. The van der Waals surface area contributed by atoms with Crippen LogP contribution in [-0.2, 0) is 0 Å². The quantitative estimate of drug-likeness (QED) is 0.458. The first-order chi connectivity index (χ1) is 4.93. The molecular formula is C9H15N. The number of rotatable bonds is 3. The highest BCUT2D eigenvalue weighted by atomic mass is 14.9. The molecule has 0 aromatic carbocycles. The fraction of sp³-hybridized carbons (Fsp3) is 0.778. The molecule has 0 aromatic heterocycles. The maximum absolute atomic E-state index is 5.15. The van der Waals surface area contributed by atoms with Crippen molar-refractivity contribution in [2.75, 3.05) is 13.1 Å². The van der Waals surface area contributed by atoms with Gasteiger partial charge in [0.2, 0.25) is 0 Å². The van der Waals surface area contributed by atoms with Crippen LogP contribution < -0.4 is 5.32 Å². The summed E-state index contributed by atoms with van der Waals surface area (Å²) in [4.78, 5) is 0. The molecule has 0 saturated carbocycles. The molecule has 1 unspecified atom stereocenters. The number of hydrogen-bond donors (Lipinski definition) is 1. The summed E-state index contributed by atoms with van der Waals surface area (Å²) in [7, 11) is 0. The van der Waals surface area contributed by atoms with Crippen molar-refractivity contribution in [3.05, 3.63) is 0 Å². The Kier molecular flexibility index (Phi) is 3.32. The third-order valence-electron chi connectivity index (χ3n) is 2.10. The van der Waals surface area contributed by atoms with Gasteiger partial charge in [0.1, 0.15) is 0 Å². The molecule has 0 spiro atoms. The average molecular weight is 137 g/mol. The van der Waals surface area contributed by atoms with Crippen molar-refractivity contribution in [3.63, 3.8) is 0 Å². The van der Waals surface area contributed by atoms with Gasteiger partial charge in [-0.2, -0.15) is 0 Å². The summed E-state index contributed by atoms with van der Waals surface area (Å²) in [5.41, 5.74) is 0. The molecule has 1 saturated heterocycles. The van der Waals surface area contributed by atoms with Crippen molar-refractivity contribution in [1.29, 1.82) is 0 Å². The highest BCUT2D eigenvalue weighted by Crippen LogP contribution is 2.14. The highest BCUT2D eigenvalue weighted by Gasteiger charge is 2.12. The van der Waals surface area contributed by atoms with Gasteiger partial charge >= 0.3 is 0 Å². The van der Waals surface area contributed by atoms with E-state index in [1.807, 2.05) is 0 Å². The fourth-order valence-electron chi connectivity index (χ4n) is 1.45. The van der Waals surface area contributed by atoms with Crippen molar-refractivity contribution >= 4 is 0 Å². The smallest absolute Gasteiger partial charge is 0.00861 e. The molecule has 1 nitrogen and oxygen atoms in total. The highest BCUT2D eigenvalue weighted by molar-refractivity contribution is 4.83. The van der Waals surface area contributed by atoms with Crippen molar-refractivity contribution in [3.8, 4) is 12.3 Å². The van der Waals surface area contributed by atoms with Gasteiger partial charge in [-0.05, 0) is 38.3 Å². The molecule has 1 heteroatoms. The van der Waals surface area contributed by atoms with Crippen LogP contribution in [0.4, 0.5) is 0 Å². The molecule has 1 atom stereocenters. The Bertz CT molecular complexity index is 117. The second-order valence-corrected chi connectivity index (χ2v) is 2.96. The lowest BCUT2D eigenvalue weighted by Crippen LogP contribution is -2.08. The minimum atomic E-state index is 0.911. The summed E-state index contributed by atoms with van der Waals surface area (Å²) in [6.07, 6.45) is 9.98. The van der Waals surface area contributed by atoms with Crippen LogP contribution in [0.5, 0.6) is 0 Å². The van der Waals surface area contributed by atoms with Crippen molar-refractivity contribution in [2.45, 2.75) is 25.7 Å². The second-order valence-electron chi connectivity index (χ2n) is 2.96. The van der Waals surface area contributed by atoms with Gasteiger partial charge in [0.15, 0.2) is 0 Å². The predicted octanol–water partition coefficient (Wildman–Crippen LogP) is 1.40. The summed E-state index contributed by atoms with van der Waals surface area (Å²) < 4.78 is 0. The standard InChI is InChI=1S/C9H15N/c1-2-3-4-5-9-6-7-10-8-9/h1,9-10H,3-8H2. The van der Waals surface area contributed by atoms with Crippen LogP contribution >= 0.6 is 0 Å². The van der Waals surface area contributed by atoms with Gasteiger partial charge in [-0.1, -0.05) is 0 Å². The summed E-state index contributed by atoms with van der Waals surface area (Å²) >= 11 is 0. The molecule has 1 aliphatic heterocycles. The van der Waals surface area contributed by atoms with E-state index in [1.54, 1.807) is 0 Å². The largest absolute Gasteiger partial charge is 0.316 e. The molecule has 1 fully saturated rings. The summed E-state index contributed by atoms with van der Waals surface area (Å²) in [6.45, 7) is 2.42. The molecule has 1 rings (SSSR count). The lowest BCUT2D eigenvalue weighted by Gasteiger charge is -2.04. The molecule has 0 bridgehead atoms. The van der Waals surface area contributed by atoms with Gasteiger partial charge < -0.3 is 5.32 Å². The topological polar surface area (TPSA) is 12.0 Å². The lowest BCUT2D eigenvalue weighted by atomic mass is 10.0. The molecule has 56 valence electrons. The molecule has 1 N–H and O–H groups in total. The monoisotopic (exact) mass is 137 g/mol. The van der Waals surface area contributed by atoms with Crippen LogP contribution in [0.1, 0.15) is 25.7 Å². The predicted molar refractivity (Wildman–Crippen MR) is 43.7 cm³/mol. The third-order valence-corrected chi connectivity index (χ3v) is 2.10. The molecular weight excluding hydrogens is 122 g/mol. The van der Waals surface area contributed by atoms with Crippen molar-refractivity contribution in [2.24, 2.45) is 5.92 Å². The first-order valence-corrected chi connectivity index (χ1v) is 4.07. The van der Waals surface area contributed by atoms with E-state index in [0.29, 0.717) is 0 Å². The third kappa shape index (κ3) is 2.41. The molecule has 0 aromatic rings. The van der Waals surface area contributed by atoms with Crippen LogP contribution in [0.25, 0.3) is 0 Å². The van der Waals surface area contributed by atoms with E-state index in [-0.39, 0.29) is 0 Å². The first kappa shape index (κ1) is 7.63. The van der Waals surface area contributed by atoms with Crippen LogP contribution in [0.2, 0.25) is 0 Å². The summed E-state index contributed by atoms with van der Waals surface area (Å²) in [5, 5.41) is 3.35. The zero-order valence-electron chi connectivity index (χ0n) is 6.40. The van der Waals surface area contributed by atoms with Gasteiger partial charge in [0.25, 0.3) is 0 Å². The number of terminal acetylenes is 1. The zero-order chi connectivity index (χ0) is 7.23. The van der Waals surface area contributed by atoms with Gasteiger partial charge in [0.05, 0.1) is 0 Å². The number of unbranched alkanes of at least 4 members (excludes halogenated alkanes) is 1. The summed E-state index contributed by atoms with van der Waals surface area (Å²) in [6, 6.07) is 0. The van der Waals surface area contributed by atoms with E-state index in [9.17, 15) is 0 Å². The van der Waals surface area contributed by atoms with Crippen molar-refractivity contribution in [1.82, 2.24) is 5.32 Å². The fourth-order valence-corrected chi connectivity index (χ4v) is 1.45. The van der Waals surface area contributed by atoms with Gasteiger partial charge in [-0.3, -0.25) is 0 Å². The normalized spacial score (nSPS) is 24.5. The Morgan fingerprint density at radius 2 is 2.50 bits per heavy atom. The van der Waals surface area contributed by atoms with Crippen LogP contribution in [0.15, 0.2) is 0 Å². The number of nitrogens with one attached hydrogen (secondary N) is 1. The van der Waals surface area contributed by atoms with Gasteiger partial charge in [-0.25, -0.2) is 0 Å². The second kappa shape index (κ2) is 4.35. The van der Waals surface area contributed by atoms with Gasteiger partial charge in [-0.15, -0.1) is 12.3 Å². The van der Waals surface area contributed by atoms with Crippen LogP contribution in [0.3, 0.4) is 0 Å². The Labute approximate surface area is 63.2 Å². The maximum atomic E-state index is 5.15. The van der Waals surface area contributed by atoms with E-state index >= 15 is 0 Å². The molecule has 0 amide bonds. The van der Waals surface area contributed by atoms with E-state index in [2.05, 4.69) is 11.2 Å². The molecule has 0 radical (unpaired) electrons. The van der Waals surface area contributed by atoms with Gasteiger partial charge in [0, 0.05) is 6.42 Å². The van der Waals surface area contributed by atoms with E-state index < -0.39 is 0 Å². The Morgan fingerprint density at radius 3 is 3.10 bits per heavy atom. The van der Waals surface area contributed by atoms with E-state index in [0.717, 1.165) is 12.3 Å². The molecule has 10 heavy (non-hydrogen) atoms. The molecule has 0 aliphatic carbocycles. The SMILES string of the molecule is C#CCCCC1CCNC1. The van der Waals surface area contributed by atoms with E-state index in [1.165, 1.54) is 32.4 Å². The lowest BCUT2D eigenvalue weighted by molar-refractivity contribution is 0.515. The Balaban J connectivity index is 1.97. The van der Waals surface area contributed by atoms with Crippen LogP contribution in [0, 0.1) is 18.3 Å². The summed E-state index contributed by atoms with van der Waals surface area (Å²) in [5.74, 6) is 3.58. The van der Waals surface area contributed by atoms with Crippen molar-refractivity contribution < 1.29 is 0 Å². The minimum absolute atomic E-state index is 0.911. The Hall–Kier alpha value is -0.480. The molecule has 1 heterocycles. The van der Waals surface area contributed by atoms with Crippen LogP contribution in [-0.4, -0.2) is 13.1 Å². The first-order valence-electron chi connectivity index (χ1n) is 4.07. The average Bonchev–Trinajstić information content (AvgIpc) is 2.41. The minimum Gasteiger partial charge on any atom is -0.316 e. The maximum Gasteiger partial charge on any atom is 0.00861 e. The zero-order valence-corrected chi connectivity index (χ0v) is 6.40. The molecule has 1 aliphatic rings.